The van der Waals surface area contributed by atoms with Gasteiger partial charge in [0.25, 0.3) is 11.8 Å². The topological polar surface area (TPSA) is 132 Å². The van der Waals surface area contributed by atoms with Gasteiger partial charge >= 0.3 is 0 Å². The van der Waals surface area contributed by atoms with Crippen molar-refractivity contribution in [1.29, 1.82) is 0 Å². The number of nitrogens with zero attached hydrogens (tertiary/aromatic N) is 2. The molecular formula is C16H24N4O7. The molecule has 11 heteroatoms. The zero-order valence-corrected chi connectivity index (χ0v) is 15.5. The summed E-state index contributed by atoms with van der Waals surface area (Å²) in [6.07, 6.45) is 0. The van der Waals surface area contributed by atoms with Gasteiger partial charge in [-0.25, -0.2) is 0 Å². The Balaban J connectivity index is 1.92. The average molecular weight is 384 g/mol. The SMILES string of the molecule is COCC(=O)NC(C)C(=O)N1CCOCC1CNC(=O)c1cc(OC)no1. The molecule has 3 amide bonds. The van der Waals surface area contributed by atoms with Crippen LogP contribution in [0, 0.1) is 0 Å². The van der Waals surface area contributed by atoms with Crippen molar-refractivity contribution in [3.8, 4) is 5.88 Å². The molecule has 2 heterocycles. The fourth-order valence-electron chi connectivity index (χ4n) is 2.60. The third-order valence-corrected chi connectivity index (χ3v) is 3.95. The van der Waals surface area contributed by atoms with Crippen molar-refractivity contribution in [2.75, 3.05) is 47.1 Å². The predicted molar refractivity (Wildman–Crippen MR) is 91.2 cm³/mol. The number of carbonyl (C=O) groups excluding carboxylic acids is 3. The summed E-state index contributed by atoms with van der Waals surface area (Å²) in [4.78, 5) is 38.0. The molecule has 27 heavy (non-hydrogen) atoms. The normalized spacial score (nSPS) is 17.9. The molecule has 0 radical (unpaired) electrons. The van der Waals surface area contributed by atoms with Crippen LogP contribution in [0.4, 0.5) is 0 Å². The lowest BCUT2D eigenvalue weighted by Crippen LogP contribution is -2.58. The van der Waals surface area contributed by atoms with Crippen LogP contribution < -0.4 is 15.4 Å². The van der Waals surface area contributed by atoms with Crippen LogP contribution in [0.15, 0.2) is 10.6 Å². The summed E-state index contributed by atoms with van der Waals surface area (Å²) in [5.74, 6) is -0.926. The van der Waals surface area contributed by atoms with Crippen molar-refractivity contribution in [2.45, 2.75) is 19.0 Å². The van der Waals surface area contributed by atoms with E-state index in [1.165, 1.54) is 20.3 Å². The van der Waals surface area contributed by atoms with E-state index in [9.17, 15) is 14.4 Å². The molecule has 0 spiro atoms. The minimum Gasteiger partial charge on any atom is -0.479 e. The zero-order chi connectivity index (χ0) is 19.8. The predicted octanol–water partition coefficient (Wildman–Crippen LogP) is -1.21. The number of hydrogen-bond donors (Lipinski definition) is 2. The van der Waals surface area contributed by atoms with E-state index in [4.69, 9.17) is 18.7 Å². The highest BCUT2D eigenvalue weighted by molar-refractivity contribution is 5.91. The van der Waals surface area contributed by atoms with Gasteiger partial charge in [-0.3, -0.25) is 14.4 Å². The van der Waals surface area contributed by atoms with Crippen LogP contribution in [0.3, 0.4) is 0 Å². The first kappa shape index (κ1) is 20.6. The lowest BCUT2D eigenvalue weighted by Gasteiger charge is -2.37. The Kier molecular flexibility index (Phi) is 7.55. The van der Waals surface area contributed by atoms with Gasteiger partial charge in [0, 0.05) is 20.2 Å². The number of carbonyl (C=O) groups is 3. The Hall–Kier alpha value is -2.66. The second-order valence-corrected chi connectivity index (χ2v) is 5.93. The van der Waals surface area contributed by atoms with Gasteiger partial charge in [-0.15, -0.1) is 0 Å². The van der Waals surface area contributed by atoms with Crippen molar-refractivity contribution in [3.63, 3.8) is 0 Å². The molecule has 2 atom stereocenters. The molecule has 2 rings (SSSR count). The smallest absolute Gasteiger partial charge is 0.290 e. The number of methoxy groups -OCH3 is 2. The van der Waals surface area contributed by atoms with Crippen molar-refractivity contribution >= 4 is 17.7 Å². The molecule has 2 unspecified atom stereocenters. The monoisotopic (exact) mass is 384 g/mol. The quantitative estimate of drug-likeness (QED) is 0.571. The second kappa shape index (κ2) is 9.88. The number of ether oxygens (including phenoxy) is 3. The molecule has 11 nitrogen and oxygen atoms in total. The first-order chi connectivity index (χ1) is 13.0. The van der Waals surface area contributed by atoms with E-state index < -0.39 is 11.9 Å². The van der Waals surface area contributed by atoms with E-state index in [2.05, 4.69) is 15.8 Å². The molecule has 1 aromatic rings. The van der Waals surface area contributed by atoms with E-state index in [1.807, 2.05) is 0 Å². The van der Waals surface area contributed by atoms with E-state index >= 15 is 0 Å². The number of nitrogens with one attached hydrogen (secondary N) is 2. The molecule has 0 aliphatic carbocycles. The number of amides is 3. The van der Waals surface area contributed by atoms with Gasteiger partial charge in [0.2, 0.25) is 17.6 Å². The maximum atomic E-state index is 12.7. The maximum absolute atomic E-state index is 12.7. The molecule has 1 aliphatic rings. The minimum atomic E-state index is -0.720. The van der Waals surface area contributed by atoms with Crippen LogP contribution in [0.2, 0.25) is 0 Å². The van der Waals surface area contributed by atoms with Crippen LogP contribution in [-0.4, -0.2) is 87.0 Å². The van der Waals surface area contributed by atoms with Gasteiger partial charge in [0.1, 0.15) is 12.6 Å². The number of morpholine rings is 1. The van der Waals surface area contributed by atoms with Crippen molar-refractivity contribution in [3.05, 3.63) is 11.8 Å². The first-order valence-corrected chi connectivity index (χ1v) is 8.41. The lowest BCUT2D eigenvalue weighted by molar-refractivity contribution is -0.143. The van der Waals surface area contributed by atoms with Gasteiger partial charge in [-0.1, -0.05) is 0 Å². The van der Waals surface area contributed by atoms with Gasteiger partial charge in [-0.05, 0) is 12.1 Å². The van der Waals surface area contributed by atoms with Crippen LogP contribution in [0.25, 0.3) is 0 Å². The van der Waals surface area contributed by atoms with E-state index in [0.717, 1.165) is 0 Å². The standard InChI is InChI=1S/C16H24N4O7/c1-10(18-13(21)9-24-2)16(23)20-4-5-26-8-11(20)7-17-15(22)12-6-14(25-3)19-27-12/h6,10-11H,4-5,7-9H2,1-3H3,(H,17,22)(H,18,21). The molecule has 1 saturated heterocycles. The van der Waals surface area contributed by atoms with Crippen molar-refractivity contribution in [1.82, 2.24) is 20.7 Å². The second-order valence-electron chi connectivity index (χ2n) is 5.93. The maximum Gasteiger partial charge on any atom is 0.290 e. The fourth-order valence-corrected chi connectivity index (χ4v) is 2.60. The van der Waals surface area contributed by atoms with E-state index in [1.54, 1.807) is 11.8 Å². The molecule has 1 aliphatic heterocycles. The van der Waals surface area contributed by atoms with Crippen LogP contribution in [0.5, 0.6) is 5.88 Å². The van der Waals surface area contributed by atoms with Gasteiger partial charge in [0.15, 0.2) is 0 Å². The number of rotatable bonds is 8. The fraction of sp³-hybridized carbons (Fsp3) is 0.625. The number of hydrogen-bond acceptors (Lipinski definition) is 8. The number of aromatic nitrogens is 1. The Morgan fingerprint density at radius 1 is 1.41 bits per heavy atom. The highest BCUT2D eigenvalue weighted by Gasteiger charge is 2.31. The highest BCUT2D eigenvalue weighted by atomic mass is 16.5. The lowest BCUT2D eigenvalue weighted by atomic mass is 10.1. The summed E-state index contributed by atoms with van der Waals surface area (Å²) in [5.41, 5.74) is 0. The summed E-state index contributed by atoms with van der Waals surface area (Å²) in [7, 11) is 2.81. The van der Waals surface area contributed by atoms with Crippen LogP contribution in [-0.2, 0) is 19.1 Å². The third-order valence-electron chi connectivity index (χ3n) is 3.95. The molecule has 0 saturated carbocycles. The molecule has 1 fully saturated rings. The summed E-state index contributed by atoms with van der Waals surface area (Å²) >= 11 is 0. The van der Waals surface area contributed by atoms with Gasteiger partial charge in [-0.2, -0.15) is 0 Å². The van der Waals surface area contributed by atoms with Crippen molar-refractivity contribution in [2.24, 2.45) is 0 Å². The first-order valence-electron chi connectivity index (χ1n) is 8.41. The zero-order valence-electron chi connectivity index (χ0n) is 15.5. The average Bonchev–Trinajstić information content (AvgIpc) is 3.15. The van der Waals surface area contributed by atoms with Crippen molar-refractivity contribution < 1.29 is 33.1 Å². The van der Waals surface area contributed by atoms with Crippen LogP contribution in [0.1, 0.15) is 17.5 Å². The van der Waals surface area contributed by atoms with E-state index in [0.29, 0.717) is 13.2 Å². The van der Waals surface area contributed by atoms with Gasteiger partial charge < -0.3 is 34.3 Å². The van der Waals surface area contributed by atoms with Gasteiger partial charge in [0.05, 0.1) is 32.4 Å². The highest BCUT2D eigenvalue weighted by Crippen LogP contribution is 2.12. The Morgan fingerprint density at radius 3 is 2.85 bits per heavy atom. The Bertz CT molecular complexity index is 663. The Labute approximate surface area is 156 Å². The molecular weight excluding hydrogens is 360 g/mol. The molecule has 0 aromatic carbocycles. The largest absolute Gasteiger partial charge is 0.479 e. The van der Waals surface area contributed by atoms with Crippen LogP contribution >= 0.6 is 0 Å². The molecule has 1 aromatic heterocycles. The van der Waals surface area contributed by atoms with E-state index in [-0.39, 0.29) is 49.3 Å². The minimum absolute atomic E-state index is 0.00153. The summed E-state index contributed by atoms with van der Waals surface area (Å²) in [6, 6.07) is 0.271. The molecule has 0 bridgehead atoms. The third kappa shape index (κ3) is 5.66. The summed E-state index contributed by atoms with van der Waals surface area (Å²) < 4.78 is 19.9. The Morgan fingerprint density at radius 2 is 2.19 bits per heavy atom. The molecule has 2 N–H and O–H groups in total. The molecule has 150 valence electrons. The summed E-state index contributed by atoms with van der Waals surface area (Å²) in [5, 5.41) is 8.82. The summed E-state index contributed by atoms with van der Waals surface area (Å²) in [6.45, 7) is 2.65.